The molecule has 1 amide bonds. The number of methoxy groups -OCH3 is 1. The number of aromatic nitrogens is 1. The van der Waals surface area contributed by atoms with Crippen molar-refractivity contribution in [3.05, 3.63) is 100 Å². The smallest absolute Gasteiger partial charge is 0.229 e. The van der Waals surface area contributed by atoms with Gasteiger partial charge in [-0.2, -0.15) is 0 Å². The first-order valence-corrected chi connectivity index (χ1v) is 12.4. The van der Waals surface area contributed by atoms with Crippen LogP contribution in [-0.2, 0) is 4.79 Å². The predicted molar refractivity (Wildman–Crippen MR) is 144 cm³/mol. The summed E-state index contributed by atoms with van der Waals surface area (Å²) in [6, 6.07) is 24.1. The van der Waals surface area contributed by atoms with Gasteiger partial charge in [-0.25, -0.2) is 4.98 Å². The lowest BCUT2D eigenvalue weighted by Gasteiger charge is -2.33. The van der Waals surface area contributed by atoms with E-state index >= 15 is 0 Å². The van der Waals surface area contributed by atoms with Gasteiger partial charge in [0.1, 0.15) is 0 Å². The van der Waals surface area contributed by atoms with Gasteiger partial charge >= 0.3 is 0 Å². The van der Waals surface area contributed by atoms with Crippen LogP contribution in [0.2, 0.25) is 0 Å². The Bertz CT molecular complexity index is 1360. The molecule has 4 aromatic rings. The van der Waals surface area contributed by atoms with Crippen LogP contribution in [0.25, 0.3) is 10.9 Å². The fourth-order valence-electron chi connectivity index (χ4n) is 4.10. The molecular formula is C28H24BrClN2O3. The van der Waals surface area contributed by atoms with E-state index in [1.807, 2.05) is 54.6 Å². The van der Waals surface area contributed by atoms with Crippen LogP contribution in [0.1, 0.15) is 40.9 Å². The lowest BCUT2D eigenvalue weighted by Crippen LogP contribution is -2.36. The topological polar surface area (TPSA) is 59.5 Å². The third-order valence-corrected chi connectivity index (χ3v) is 6.44. The van der Waals surface area contributed by atoms with Crippen LogP contribution in [-0.4, -0.2) is 29.7 Å². The minimum atomic E-state index is -0.541. The number of ketones is 1. The van der Waals surface area contributed by atoms with Crippen molar-refractivity contribution in [3.63, 3.8) is 0 Å². The lowest BCUT2D eigenvalue weighted by molar-refractivity contribution is -0.118. The summed E-state index contributed by atoms with van der Waals surface area (Å²) in [5.41, 5.74) is 3.63. The number of pyridine rings is 1. The highest BCUT2D eigenvalue weighted by atomic mass is 79.9. The zero-order valence-electron chi connectivity index (χ0n) is 19.4. The highest BCUT2D eigenvalue weighted by Crippen LogP contribution is 2.39. The standard InChI is InChI=1S/C28H24BrClN2O3/c1-18(33)19-8-11-23(12-9-19)32(26(34)14-15-30)27(20-6-4-3-5-7-20)24-17-21-16-22(29)10-13-25(21)31-28(24)35-2/h3-13,16-17,27H,14-15H2,1-2H3. The van der Waals surface area contributed by atoms with E-state index in [0.717, 1.165) is 26.5 Å². The Morgan fingerprint density at radius 1 is 1.03 bits per heavy atom. The minimum Gasteiger partial charge on any atom is -0.481 e. The molecule has 35 heavy (non-hydrogen) atoms. The van der Waals surface area contributed by atoms with E-state index in [1.54, 1.807) is 36.3 Å². The third kappa shape index (κ3) is 5.39. The van der Waals surface area contributed by atoms with Gasteiger partial charge in [-0.3, -0.25) is 9.59 Å². The fraction of sp³-hybridized carbons (Fsp3) is 0.179. The molecule has 178 valence electrons. The molecule has 0 radical (unpaired) electrons. The average Bonchev–Trinajstić information content (AvgIpc) is 2.87. The number of carbonyl (C=O) groups excluding carboxylic acids is 2. The Morgan fingerprint density at radius 3 is 2.37 bits per heavy atom. The van der Waals surface area contributed by atoms with E-state index < -0.39 is 6.04 Å². The Balaban J connectivity index is 1.98. The number of fused-ring (bicyclic) bond motifs is 1. The van der Waals surface area contributed by atoms with Gasteiger partial charge in [0.25, 0.3) is 0 Å². The summed E-state index contributed by atoms with van der Waals surface area (Å²) < 4.78 is 6.66. The van der Waals surface area contributed by atoms with E-state index in [4.69, 9.17) is 21.3 Å². The summed E-state index contributed by atoms with van der Waals surface area (Å²) in [6.45, 7) is 1.52. The van der Waals surface area contributed by atoms with E-state index in [1.165, 1.54) is 6.92 Å². The van der Waals surface area contributed by atoms with Gasteiger partial charge in [0, 0.05) is 39.0 Å². The number of benzene rings is 3. The molecule has 0 saturated heterocycles. The maximum absolute atomic E-state index is 13.6. The molecule has 1 unspecified atom stereocenters. The summed E-state index contributed by atoms with van der Waals surface area (Å²) in [5.74, 6) is 0.418. The van der Waals surface area contributed by atoms with E-state index in [0.29, 0.717) is 17.1 Å². The van der Waals surface area contributed by atoms with Crippen LogP contribution in [0.15, 0.2) is 83.3 Å². The highest BCUT2D eigenvalue weighted by molar-refractivity contribution is 9.10. The zero-order chi connectivity index (χ0) is 24.9. The van der Waals surface area contributed by atoms with Gasteiger partial charge in [0.15, 0.2) is 5.78 Å². The van der Waals surface area contributed by atoms with Crippen LogP contribution in [0.4, 0.5) is 5.69 Å². The van der Waals surface area contributed by atoms with Crippen molar-refractivity contribution in [2.75, 3.05) is 17.9 Å². The quantitative estimate of drug-likeness (QED) is 0.175. The van der Waals surface area contributed by atoms with Gasteiger partial charge in [-0.15, -0.1) is 11.6 Å². The number of amides is 1. The first kappa shape index (κ1) is 24.9. The van der Waals surface area contributed by atoms with Crippen LogP contribution >= 0.6 is 27.5 Å². The first-order chi connectivity index (χ1) is 16.9. The molecule has 0 aliphatic carbocycles. The number of carbonyl (C=O) groups is 2. The number of alkyl halides is 1. The maximum atomic E-state index is 13.6. The molecule has 5 nitrogen and oxygen atoms in total. The first-order valence-electron chi connectivity index (χ1n) is 11.1. The molecular weight excluding hydrogens is 528 g/mol. The Hall–Kier alpha value is -3.22. The van der Waals surface area contributed by atoms with E-state index in [-0.39, 0.29) is 24.0 Å². The number of hydrogen-bond donors (Lipinski definition) is 0. The SMILES string of the molecule is COc1nc2ccc(Br)cc2cc1C(c1ccccc1)N(C(=O)CCCl)c1ccc(C(C)=O)cc1. The maximum Gasteiger partial charge on any atom is 0.229 e. The molecule has 1 atom stereocenters. The highest BCUT2D eigenvalue weighted by Gasteiger charge is 2.31. The van der Waals surface area contributed by atoms with Gasteiger partial charge in [-0.05, 0) is 61.0 Å². The number of hydrogen-bond acceptors (Lipinski definition) is 4. The molecule has 1 heterocycles. The summed E-state index contributed by atoms with van der Waals surface area (Å²) >= 11 is 9.55. The third-order valence-electron chi connectivity index (χ3n) is 5.76. The van der Waals surface area contributed by atoms with Crippen molar-refractivity contribution in [2.45, 2.75) is 19.4 Å². The normalized spacial score (nSPS) is 11.8. The number of ether oxygens (including phenoxy) is 1. The molecule has 3 aromatic carbocycles. The number of anilines is 1. The monoisotopic (exact) mass is 550 g/mol. The lowest BCUT2D eigenvalue weighted by atomic mass is 9.95. The Morgan fingerprint density at radius 2 is 1.74 bits per heavy atom. The Labute approximate surface area is 217 Å². The molecule has 0 bridgehead atoms. The zero-order valence-corrected chi connectivity index (χ0v) is 21.7. The minimum absolute atomic E-state index is 0.0410. The van der Waals surface area contributed by atoms with E-state index in [2.05, 4.69) is 15.9 Å². The van der Waals surface area contributed by atoms with Crippen molar-refractivity contribution in [1.29, 1.82) is 0 Å². The van der Waals surface area contributed by atoms with Crippen LogP contribution in [0, 0.1) is 0 Å². The summed E-state index contributed by atoms with van der Waals surface area (Å²) in [7, 11) is 1.57. The summed E-state index contributed by atoms with van der Waals surface area (Å²) in [5, 5.41) is 0.910. The number of nitrogens with zero attached hydrogens (tertiary/aromatic N) is 2. The molecule has 1 aromatic heterocycles. The van der Waals surface area contributed by atoms with Crippen molar-refractivity contribution in [1.82, 2.24) is 4.98 Å². The van der Waals surface area contributed by atoms with Crippen LogP contribution < -0.4 is 9.64 Å². The van der Waals surface area contributed by atoms with Gasteiger partial charge in [0.2, 0.25) is 11.8 Å². The van der Waals surface area contributed by atoms with Crippen molar-refractivity contribution in [3.8, 4) is 5.88 Å². The number of rotatable bonds is 8. The number of halogens is 2. The van der Waals surface area contributed by atoms with E-state index in [9.17, 15) is 9.59 Å². The fourth-order valence-corrected chi connectivity index (χ4v) is 4.64. The molecule has 0 saturated carbocycles. The van der Waals surface area contributed by atoms with Crippen LogP contribution in [0.3, 0.4) is 0 Å². The molecule has 0 aliphatic rings. The second-order valence-corrected chi connectivity index (χ2v) is 9.34. The molecule has 0 N–H and O–H groups in total. The molecule has 0 aliphatic heterocycles. The second kappa shape index (κ2) is 11.0. The summed E-state index contributed by atoms with van der Waals surface area (Å²) in [6.07, 6.45) is 0.147. The van der Waals surface area contributed by atoms with Crippen molar-refractivity contribution < 1.29 is 14.3 Å². The average molecular weight is 552 g/mol. The second-order valence-electron chi connectivity index (χ2n) is 8.04. The number of Topliss-reactive ketones (excluding diaryl/α,β-unsaturated/α-hetero) is 1. The van der Waals surface area contributed by atoms with Gasteiger partial charge in [-0.1, -0.05) is 46.3 Å². The van der Waals surface area contributed by atoms with Crippen LogP contribution in [0.5, 0.6) is 5.88 Å². The predicted octanol–water partition coefficient (Wildman–Crippen LogP) is 6.96. The Kier molecular flexibility index (Phi) is 7.83. The molecule has 0 spiro atoms. The van der Waals surface area contributed by atoms with Gasteiger partial charge in [0.05, 0.1) is 18.7 Å². The van der Waals surface area contributed by atoms with Crippen molar-refractivity contribution in [2.24, 2.45) is 0 Å². The van der Waals surface area contributed by atoms with Crippen molar-refractivity contribution >= 4 is 55.8 Å². The molecule has 7 heteroatoms. The molecule has 4 rings (SSSR count). The molecule has 0 fully saturated rings. The largest absolute Gasteiger partial charge is 0.481 e. The summed E-state index contributed by atoms with van der Waals surface area (Å²) in [4.78, 5) is 31.9. The van der Waals surface area contributed by atoms with Gasteiger partial charge < -0.3 is 9.64 Å².